The van der Waals surface area contributed by atoms with Gasteiger partial charge in [0, 0.05) is 20.1 Å². The van der Waals surface area contributed by atoms with Crippen LogP contribution in [-0.4, -0.2) is 41.3 Å². The van der Waals surface area contributed by atoms with E-state index in [2.05, 4.69) is 24.7 Å². The van der Waals surface area contributed by atoms with E-state index >= 15 is 0 Å². The second kappa shape index (κ2) is 5.80. The Kier molecular flexibility index (Phi) is 3.97. The zero-order valence-corrected chi connectivity index (χ0v) is 14.3. The molecule has 3 heterocycles. The van der Waals surface area contributed by atoms with E-state index < -0.39 is 10.0 Å². The van der Waals surface area contributed by atoms with Gasteiger partial charge in [0.05, 0.1) is 29.5 Å². The summed E-state index contributed by atoms with van der Waals surface area (Å²) in [5.74, 6) is 0.638. The van der Waals surface area contributed by atoms with Gasteiger partial charge in [0.15, 0.2) is 0 Å². The van der Waals surface area contributed by atoms with Gasteiger partial charge in [0.25, 0.3) is 10.0 Å². The van der Waals surface area contributed by atoms with Gasteiger partial charge in [-0.05, 0) is 26.7 Å². The smallest absolute Gasteiger partial charge is 0.265 e. The van der Waals surface area contributed by atoms with Crippen molar-refractivity contribution in [2.45, 2.75) is 31.6 Å². The molecule has 0 saturated carbocycles. The maximum atomic E-state index is 12.6. The van der Waals surface area contributed by atoms with Crippen LogP contribution in [0.1, 0.15) is 24.2 Å². The maximum absolute atomic E-state index is 12.6. The highest BCUT2D eigenvalue weighted by Crippen LogP contribution is 2.22. The Morgan fingerprint density at radius 2 is 1.74 bits per heavy atom. The molecule has 0 atom stereocenters. The lowest BCUT2D eigenvalue weighted by molar-refractivity contribution is 0.599. The average molecular weight is 336 g/mol. The Morgan fingerprint density at radius 3 is 2.26 bits per heavy atom. The van der Waals surface area contributed by atoms with Gasteiger partial charge in [-0.1, -0.05) is 0 Å². The largest absolute Gasteiger partial charge is 0.341 e. The number of nitrogens with zero attached hydrogens (tertiary/aromatic N) is 5. The van der Waals surface area contributed by atoms with Crippen molar-refractivity contribution in [2.24, 2.45) is 7.05 Å². The number of hydrogen-bond donors (Lipinski definition) is 1. The van der Waals surface area contributed by atoms with Crippen molar-refractivity contribution >= 4 is 21.7 Å². The molecular formula is C14H20N6O2S. The molecule has 0 aliphatic carbocycles. The fourth-order valence-corrected chi connectivity index (χ4v) is 4.27. The number of aryl methyl sites for hydroxylation is 2. The van der Waals surface area contributed by atoms with Gasteiger partial charge in [-0.25, -0.2) is 18.4 Å². The molecule has 0 aromatic carbocycles. The number of sulfonamides is 1. The molecule has 0 unspecified atom stereocenters. The number of aromatic nitrogens is 4. The van der Waals surface area contributed by atoms with Gasteiger partial charge in [0.2, 0.25) is 5.95 Å². The van der Waals surface area contributed by atoms with Crippen LogP contribution < -0.4 is 9.62 Å². The van der Waals surface area contributed by atoms with Crippen LogP contribution in [0, 0.1) is 13.8 Å². The quantitative estimate of drug-likeness (QED) is 0.902. The molecule has 0 bridgehead atoms. The lowest BCUT2D eigenvalue weighted by atomic mass is 10.4. The zero-order valence-electron chi connectivity index (χ0n) is 13.4. The van der Waals surface area contributed by atoms with Crippen LogP contribution in [0.4, 0.5) is 11.6 Å². The van der Waals surface area contributed by atoms with Crippen LogP contribution >= 0.6 is 0 Å². The van der Waals surface area contributed by atoms with Crippen LogP contribution in [0.5, 0.6) is 0 Å². The lowest BCUT2D eigenvalue weighted by Gasteiger charge is -2.15. The lowest BCUT2D eigenvalue weighted by Crippen LogP contribution is -2.21. The van der Waals surface area contributed by atoms with E-state index in [9.17, 15) is 8.42 Å². The van der Waals surface area contributed by atoms with E-state index in [1.54, 1.807) is 25.6 Å². The highest BCUT2D eigenvalue weighted by molar-refractivity contribution is 7.92. The summed E-state index contributed by atoms with van der Waals surface area (Å²) in [7, 11) is -2.00. The third-order valence-electron chi connectivity index (χ3n) is 3.99. The van der Waals surface area contributed by atoms with Gasteiger partial charge < -0.3 is 4.90 Å². The van der Waals surface area contributed by atoms with Crippen LogP contribution in [-0.2, 0) is 17.1 Å². The van der Waals surface area contributed by atoms with Crippen LogP contribution in [0.15, 0.2) is 17.3 Å². The third-order valence-corrected chi connectivity index (χ3v) is 5.62. The maximum Gasteiger partial charge on any atom is 0.265 e. The molecule has 2 aromatic heterocycles. The second-order valence-electron chi connectivity index (χ2n) is 5.69. The van der Waals surface area contributed by atoms with Gasteiger partial charge >= 0.3 is 0 Å². The van der Waals surface area contributed by atoms with E-state index in [0.29, 0.717) is 23.0 Å². The summed E-state index contributed by atoms with van der Waals surface area (Å²) in [6.45, 7) is 5.29. The molecular weight excluding hydrogens is 316 g/mol. The number of anilines is 2. The predicted octanol–water partition coefficient (Wildman–Crippen LogP) is 1.23. The molecule has 3 rings (SSSR count). The normalized spacial score (nSPS) is 15.2. The number of hydrogen-bond acceptors (Lipinski definition) is 6. The highest BCUT2D eigenvalue weighted by atomic mass is 32.2. The summed E-state index contributed by atoms with van der Waals surface area (Å²) < 4.78 is 29.2. The Hall–Kier alpha value is -2.16. The summed E-state index contributed by atoms with van der Waals surface area (Å²) in [6, 6.07) is 0. The molecule has 8 nitrogen and oxygen atoms in total. The van der Waals surface area contributed by atoms with Crippen molar-refractivity contribution in [1.29, 1.82) is 0 Å². The molecule has 0 radical (unpaired) electrons. The zero-order chi connectivity index (χ0) is 16.6. The van der Waals surface area contributed by atoms with Crippen molar-refractivity contribution in [1.82, 2.24) is 19.7 Å². The van der Waals surface area contributed by atoms with Crippen molar-refractivity contribution < 1.29 is 8.42 Å². The van der Waals surface area contributed by atoms with Gasteiger partial charge in [-0.15, -0.1) is 0 Å². The molecule has 23 heavy (non-hydrogen) atoms. The van der Waals surface area contributed by atoms with E-state index in [1.807, 2.05) is 0 Å². The minimum Gasteiger partial charge on any atom is -0.341 e. The van der Waals surface area contributed by atoms with E-state index in [-0.39, 0.29) is 4.90 Å². The Morgan fingerprint density at radius 1 is 1.13 bits per heavy atom. The van der Waals surface area contributed by atoms with Crippen molar-refractivity contribution in [3.8, 4) is 0 Å². The SMILES string of the molecule is Cc1nn(C)c(C)c1S(=O)(=O)Nc1cnc(N2CCCC2)nc1. The third kappa shape index (κ3) is 3.00. The molecule has 0 amide bonds. The van der Waals surface area contributed by atoms with Crippen molar-refractivity contribution in [2.75, 3.05) is 22.7 Å². The minimum atomic E-state index is -3.71. The molecule has 1 N–H and O–H groups in total. The monoisotopic (exact) mass is 336 g/mol. The first kappa shape index (κ1) is 15.7. The van der Waals surface area contributed by atoms with Crippen LogP contribution in [0.3, 0.4) is 0 Å². The molecule has 1 aliphatic rings. The first-order valence-corrected chi connectivity index (χ1v) is 8.97. The highest BCUT2D eigenvalue weighted by Gasteiger charge is 2.24. The van der Waals surface area contributed by atoms with E-state index in [4.69, 9.17) is 0 Å². The standard InChI is InChI=1S/C14H20N6O2S/c1-10-13(11(2)19(3)17-10)23(21,22)18-12-8-15-14(16-9-12)20-6-4-5-7-20/h8-9,18H,4-7H2,1-3H3. The summed E-state index contributed by atoms with van der Waals surface area (Å²) >= 11 is 0. The van der Waals surface area contributed by atoms with Crippen LogP contribution in [0.2, 0.25) is 0 Å². The Balaban J connectivity index is 1.83. The molecule has 1 aliphatic heterocycles. The average Bonchev–Trinajstić information content (AvgIpc) is 3.09. The molecule has 9 heteroatoms. The predicted molar refractivity (Wildman–Crippen MR) is 87.0 cm³/mol. The van der Waals surface area contributed by atoms with Crippen molar-refractivity contribution in [3.05, 3.63) is 23.8 Å². The molecule has 2 aromatic rings. The Labute approximate surface area is 135 Å². The van der Waals surface area contributed by atoms with Crippen molar-refractivity contribution in [3.63, 3.8) is 0 Å². The van der Waals surface area contributed by atoms with E-state index in [0.717, 1.165) is 25.9 Å². The fourth-order valence-electron chi connectivity index (χ4n) is 2.80. The second-order valence-corrected chi connectivity index (χ2v) is 7.31. The molecule has 1 fully saturated rings. The minimum absolute atomic E-state index is 0.198. The molecule has 1 saturated heterocycles. The van der Waals surface area contributed by atoms with Crippen LogP contribution in [0.25, 0.3) is 0 Å². The topological polar surface area (TPSA) is 93.0 Å². The van der Waals surface area contributed by atoms with Gasteiger partial charge in [-0.3, -0.25) is 9.40 Å². The Bertz CT molecular complexity index is 807. The molecule has 0 spiro atoms. The number of rotatable bonds is 4. The summed E-state index contributed by atoms with van der Waals surface area (Å²) in [4.78, 5) is 10.8. The summed E-state index contributed by atoms with van der Waals surface area (Å²) in [5, 5.41) is 4.14. The first-order chi connectivity index (χ1) is 10.9. The summed E-state index contributed by atoms with van der Waals surface area (Å²) in [6.07, 6.45) is 5.27. The van der Waals surface area contributed by atoms with Gasteiger partial charge in [-0.2, -0.15) is 5.10 Å². The molecule has 124 valence electrons. The fraction of sp³-hybridized carbons (Fsp3) is 0.500. The van der Waals surface area contributed by atoms with E-state index in [1.165, 1.54) is 12.4 Å². The first-order valence-electron chi connectivity index (χ1n) is 7.48. The summed E-state index contributed by atoms with van der Waals surface area (Å²) in [5.41, 5.74) is 1.40. The van der Waals surface area contributed by atoms with Gasteiger partial charge in [0.1, 0.15) is 4.90 Å². The number of nitrogens with one attached hydrogen (secondary N) is 1.